The summed E-state index contributed by atoms with van der Waals surface area (Å²) in [6.45, 7) is 4.99. The van der Waals surface area contributed by atoms with Crippen molar-refractivity contribution in [2.75, 3.05) is 13.1 Å². The lowest BCUT2D eigenvalue weighted by atomic mass is 10.0. The third-order valence-electron chi connectivity index (χ3n) is 6.86. The lowest BCUT2D eigenvalue weighted by Crippen LogP contribution is -2.41. The SMILES string of the molecule is CCCC(c1nc2c(oc3ccccc32)c(=O)n1Cc1ccccc1)N(CCN)C(=O)c1ccc(C)cc1. The highest BCUT2D eigenvalue weighted by molar-refractivity contribution is 6.02. The monoisotopic (exact) mass is 508 g/mol. The van der Waals surface area contributed by atoms with Crippen molar-refractivity contribution in [3.63, 3.8) is 0 Å². The van der Waals surface area contributed by atoms with Crippen molar-refractivity contribution in [2.24, 2.45) is 5.73 Å². The quantitative estimate of drug-likeness (QED) is 0.286. The van der Waals surface area contributed by atoms with Crippen LogP contribution < -0.4 is 11.3 Å². The number of carbonyl (C=O) groups is 1. The van der Waals surface area contributed by atoms with Gasteiger partial charge in [-0.1, -0.05) is 73.5 Å². The standard InChI is InChI=1S/C31H32N4O3/c1-3-9-25(34(19-18-32)30(36)23-16-14-21(2)15-17-23)29-33-27-24-12-7-8-13-26(24)38-28(27)31(37)35(29)20-22-10-5-4-6-11-22/h4-8,10-17,25H,3,9,18-20,32H2,1-2H3. The van der Waals surface area contributed by atoms with Crippen molar-refractivity contribution in [3.8, 4) is 0 Å². The van der Waals surface area contributed by atoms with Crippen LogP contribution in [-0.2, 0) is 6.54 Å². The molecule has 5 rings (SSSR count). The molecule has 5 aromatic rings. The van der Waals surface area contributed by atoms with E-state index in [1.165, 1.54) is 0 Å². The van der Waals surface area contributed by atoms with Crippen LogP contribution in [0.1, 0.15) is 53.1 Å². The van der Waals surface area contributed by atoms with Crippen molar-refractivity contribution in [2.45, 2.75) is 39.3 Å². The first-order chi connectivity index (χ1) is 18.5. The summed E-state index contributed by atoms with van der Waals surface area (Å²) in [5.74, 6) is 0.403. The van der Waals surface area contributed by atoms with E-state index in [1.807, 2.05) is 85.8 Å². The highest BCUT2D eigenvalue weighted by Crippen LogP contribution is 2.31. The van der Waals surface area contributed by atoms with Gasteiger partial charge in [0.1, 0.15) is 16.9 Å². The maximum atomic E-state index is 14.0. The molecule has 0 fully saturated rings. The van der Waals surface area contributed by atoms with Crippen LogP contribution in [0.2, 0.25) is 0 Å². The van der Waals surface area contributed by atoms with Gasteiger partial charge >= 0.3 is 0 Å². The second-order valence-electron chi connectivity index (χ2n) is 9.58. The maximum Gasteiger partial charge on any atom is 0.297 e. The number of rotatable bonds is 9. The summed E-state index contributed by atoms with van der Waals surface area (Å²) in [7, 11) is 0. The van der Waals surface area contributed by atoms with Gasteiger partial charge in [0.2, 0.25) is 5.58 Å². The Kier molecular flexibility index (Phi) is 7.38. The number of carbonyl (C=O) groups excluding carboxylic acids is 1. The molecule has 0 aliphatic carbocycles. The molecule has 2 heterocycles. The van der Waals surface area contributed by atoms with Crippen LogP contribution in [0.15, 0.2) is 88.1 Å². The van der Waals surface area contributed by atoms with Gasteiger partial charge < -0.3 is 15.1 Å². The molecule has 2 N–H and O–H groups in total. The number of hydrogen-bond donors (Lipinski definition) is 1. The summed E-state index contributed by atoms with van der Waals surface area (Å²) in [5.41, 5.74) is 9.72. The van der Waals surface area contributed by atoms with Gasteiger partial charge in [-0.2, -0.15) is 0 Å². The molecular weight excluding hydrogens is 476 g/mol. The molecule has 1 amide bonds. The average molecular weight is 509 g/mol. The minimum absolute atomic E-state index is 0.133. The van der Waals surface area contributed by atoms with Crippen molar-refractivity contribution in [1.82, 2.24) is 14.5 Å². The Morgan fingerprint density at radius 1 is 1.03 bits per heavy atom. The Morgan fingerprint density at radius 2 is 1.74 bits per heavy atom. The number of nitrogens with two attached hydrogens (primary N) is 1. The first-order valence-corrected chi connectivity index (χ1v) is 13.1. The van der Waals surface area contributed by atoms with E-state index in [0.717, 1.165) is 22.9 Å². The fourth-order valence-corrected chi connectivity index (χ4v) is 4.96. The summed E-state index contributed by atoms with van der Waals surface area (Å²) >= 11 is 0. The average Bonchev–Trinajstić information content (AvgIpc) is 3.32. The predicted molar refractivity (Wildman–Crippen MR) is 150 cm³/mol. The number of fused-ring (bicyclic) bond motifs is 3. The van der Waals surface area contributed by atoms with E-state index in [2.05, 4.69) is 6.92 Å². The summed E-state index contributed by atoms with van der Waals surface area (Å²) < 4.78 is 7.65. The highest BCUT2D eigenvalue weighted by Gasteiger charge is 2.30. The number of nitrogens with zero attached hydrogens (tertiary/aromatic N) is 3. The van der Waals surface area contributed by atoms with Gasteiger partial charge in [0, 0.05) is 24.0 Å². The lowest BCUT2D eigenvalue weighted by molar-refractivity contribution is 0.0658. The molecule has 0 spiro atoms. The van der Waals surface area contributed by atoms with Crippen LogP contribution in [0.25, 0.3) is 22.1 Å². The number of aryl methyl sites for hydroxylation is 1. The first kappa shape index (κ1) is 25.4. The van der Waals surface area contributed by atoms with Crippen LogP contribution in [-0.4, -0.2) is 33.4 Å². The second-order valence-corrected chi connectivity index (χ2v) is 9.58. The van der Waals surface area contributed by atoms with Crippen LogP contribution in [0.3, 0.4) is 0 Å². The fourth-order valence-electron chi connectivity index (χ4n) is 4.96. The molecule has 38 heavy (non-hydrogen) atoms. The maximum absolute atomic E-state index is 14.0. The van der Waals surface area contributed by atoms with Crippen LogP contribution >= 0.6 is 0 Å². The zero-order valence-corrected chi connectivity index (χ0v) is 21.8. The van der Waals surface area contributed by atoms with Crippen molar-refractivity contribution in [1.29, 1.82) is 0 Å². The molecule has 1 atom stereocenters. The highest BCUT2D eigenvalue weighted by atomic mass is 16.3. The summed E-state index contributed by atoms with van der Waals surface area (Å²) in [6, 6.07) is 24.4. The number of furan rings is 1. The number of para-hydroxylation sites is 1. The molecule has 1 unspecified atom stereocenters. The Balaban J connectivity index is 1.73. The Labute approximate surface area is 221 Å². The molecule has 0 aliphatic heterocycles. The van der Waals surface area contributed by atoms with Gasteiger partial charge in [0.25, 0.3) is 11.5 Å². The van der Waals surface area contributed by atoms with Gasteiger partial charge in [-0.3, -0.25) is 14.2 Å². The van der Waals surface area contributed by atoms with E-state index in [0.29, 0.717) is 42.0 Å². The minimum Gasteiger partial charge on any atom is -0.448 e. The molecule has 3 aromatic carbocycles. The normalized spacial score (nSPS) is 12.2. The van der Waals surface area contributed by atoms with Crippen molar-refractivity contribution < 1.29 is 9.21 Å². The third kappa shape index (κ3) is 4.85. The van der Waals surface area contributed by atoms with E-state index in [-0.39, 0.29) is 23.6 Å². The number of aromatic nitrogens is 2. The number of hydrogen-bond acceptors (Lipinski definition) is 5. The smallest absolute Gasteiger partial charge is 0.297 e. The first-order valence-electron chi connectivity index (χ1n) is 13.1. The topological polar surface area (TPSA) is 94.4 Å². The minimum atomic E-state index is -0.452. The summed E-state index contributed by atoms with van der Waals surface area (Å²) in [6.07, 6.45) is 1.42. The largest absolute Gasteiger partial charge is 0.448 e. The van der Waals surface area contributed by atoms with Crippen LogP contribution in [0.5, 0.6) is 0 Å². The number of benzene rings is 3. The van der Waals surface area contributed by atoms with E-state index in [1.54, 1.807) is 9.47 Å². The molecular formula is C31H32N4O3. The van der Waals surface area contributed by atoms with Crippen molar-refractivity contribution in [3.05, 3.63) is 112 Å². The van der Waals surface area contributed by atoms with Gasteiger partial charge in [-0.05, 0) is 43.2 Å². The number of amides is 1. The Bertz CT molecular complexity index is 1620. The van der Waals surface area contributed by atoms with E-state index in [9.17, 15) is 9.59 Å². The molecule has 0 bridgehead atoms. The van der Waals surface area contributed by atoms with E-state index in [4.69, 9.17) is 15.1 Å². The van der Waals surface area contributed by atoms with Gasteiger partial charge in [0.15, 0.2) is 0 Å². The van der Waals surface area contributed by atoms with Crippen molar-refractivity contribution >= 4 is 28.0 Å². The molecule has 0 radical (unpaired) electrons. The van der Waals surface area contributed by atoms with Crippen LogP contribution in [0, 0.1) is 6.92 Å². The molecule has 7 heteroatoms. The van der Waals surface area contributed by atoms with E-state index < -0.39 is 6.04 Å². The fraction of sp³-hybridized carbons (Fsp3) is 0.258. The Morgan fingerprint density at radius 3 is 2.45 bits per heavy atom. The molecule has 0 aliphatic rings. The van der Waals surface area contributed by atoms with Gasteiger partial charge in [-0.25, -0.2) is 4.98 Å². The van der Waals surface area contributed by atoms with Gasteiger partial charge in [0.05, 0.1) is 12.6 Å². The Hall–Kier alpha value is -4.23. The lowest BCUT2D eigenvalue weighted by Gasteiger charge is -2.32. The van der Waals surface area contributed by atoms with E-state index >= 15 is 0 Å². The molecule has 0 saturated carbocycles. The predicted octanol–water partition coefficient (Wildman–Crippen LogP) is 5.44. The second kappa shape index (κ2) is 11.0. The van der Waals surface area contributed by atoms with Gasteiger partial charge in [-0.15, -0.1) is 0 Å². The summed E-state index contributed by atoms with van der Waals surface area (Å²) in [4.78, 5) is 34.7. The third-order valence-corrected chi connectivity index (χ3v) is 6.86. The molecule has 2 aromatic heterocycles. The zero-order valence-electron chi connectivity index (χ0n) is 21.8. The molecule has 7 nitrogen and oxygen atoms in total. The molecule has 194 valence electrons. The zero-order chi connectivity index (χ0) is 26.6. The molecule has 0 saturated heterocycles. The summed E-state index contributed by atoms with van der Waals surface area (Å²) in [5, 5.41) is 0.776. The van der Waals surface area contributed by atoms with Crippen LogP contribution in [0.4, 0.5) is 0 Å².